The van der Waals surface area contributed by atoms with Gasteiger partial charge >= 0.3 is 0 Å². The van der Waals surface area contributed by atoms with Gasteiger partial charge in [-0.3, -0.25) is 0 Å². The van der Waals surface area contributed by atoms with E-state index in [2.05, 4.69) is 21.1 Å². The maximum absolute atomic E-state index is 8.39. The molecule has 0 rings (SSSR count). The minimum absolute atomic E-state index is 0. The van der Waals surface area contributed by atoms with E-state index in [4.69, 9.17) is 5.11 Å². The lowest BCUT2D eigenvalue weighted by atomic mass is 10.5. The van der Waals surface area contributed by atoms with Gasteiger partial charge in [0.05, 0.1) is 27.7 Å². The third kappa shape index (κ3) is 17.8. The van der Waals surface area contributed by atoms with Gasteiger partial charge in [0.2, 0.25) is 0 Å². The van der Waals surface area contributed by atoms with Crippen molar-refractivity contribution in [3.8, 4) is 0 Å². The van der Waals surface area contributed by atoms with Gasteiger partial charge in [0.1, 0.15) is 6.54 Å². The van der Waals surface area contributed by atoms with Crippen molar-refractivity contribution in [3.63, 3.8) is 0 Å². The van der Waals surface area contributed by atoms with E-state index < -0.39 is 0 Å². The van der Waals surface area contributed by atoms with Crippen LogP contribution in [0.3, 0.4) is 0 Å². The molecule has 0 spiro atoms. The lowest BCUT2D eigenvalue weighted by molar-refractivity contribution is -0.870. The zero-order valence-electron chi connectivity index (χ0n) is 5.81. The van der Waals surface area contributed by atoms with E-state index in [1.165, 1.54) is 0 Å². The van der Waals surface area contributed by atoms with Crippen LogP contribution in [0.2, 0.25) is 0 Å². The van der Waals surface area contributed by atoms with E-state index in [1.54, 1.807) is 0 Å². The number of aliphatic hydroxyl groups is 1. The number of hydrogen-bond donors (Lipinski definition) is 1. The van der Waals surface area contributed by atoms with Crippen molar-refractivity contribution in [2.24, 2.45) is 0 Å². The largest absolute Gasteiger partial charge is 0.412 e. The van der Waals surface area contributed by atoms with Gasteiger partial charge in [0.25, 0.3) is 0 Å². The van der Waals surface area contributed by atoms with E-state index in [0.717, 1.165) is 11.0 Å². The molecule has 9 heavy (non-hydrogen) atoms. The second kappa shape index (κ2) is 6.53. The van der Waals surface area contributed by atoms with Gasteiger partial charge < -0.3 is 15.1 Å². The highest BCUT2D eigenvalue weighted by Gasteiger charge is 2.02. The number of aliphatic hydroxyl groups excluding tert-OH is 1. The van der Waals surface area contributed by atoms with Crippen molar-refractivity contribution in [2.45, 2.75) is 0 Å². The van der Waals surface area contributed by atoms with Gasteiger partial charge in [0, 0.05) is 0 Å². The molecule has 58 valence electrons. The Morgan fingerprint density at radius 3 is 1.56 bits per heavy atom. The molecule has 0 unspecified atom stereocenters. The van der Waals surface area contributed by atoms with Crippen LogP contribution in [0.4, 0.5) is 0 Å². The van der Waals surface area contributed by atoms with Crippen LogP contribution >= 0.6 is 0 Å². The highest BCUT2D eigenvalue weighted by atomic mass is 27.0. The first-order valence-electron chi connectivity index (χ1n) is 2.47. The normalized spacial score (nSPS) is 9.33. The summed E-state index contributed by atoms with van der Waals surface area (Å²) in [6, 6.07) is 0. The summed E-state index contributed by atoms with van der Waals surface area (Å²) < 4.78 is 0.844. The van der Waals surface area contributed by atoms with E-state index in [1.807, 2.05) is 0 Å². The fourth-order valence-corrected chi connectivity index (χ4v) is 0.300. The molecule has 0 amide bonds. The summed E-state index contributed by atoms with van der Waals surface area (Å²) in [6.45, 7) is 1.11. The minimum Gasteiger partial charge on any atom is -0.412 e. The molecule has 0 radical (unpaired) electrons. The summed E-state index contributed by atoms with van der Waals surface area (Å²) >= 11 is 0. The van der Waals surface area contributed by atoms with Crippen LogP contribution in [0.5, 0.6) is 0 Å². The first-order valence-corrected chi connectivity index (χ1v) is 2.47. The maximum Gasteiger partial charge on any atom is 0.187 e. The van der Waals surface area contributed by atoms with Crippen LogP contribution in [0.15, 0.2) is 0 Å². The van der Waals surface area contributed by atoms with Gasteiger partial charge in [-0.1, -0.05) is 0 Å². The van der Waals surface area contributed by atoms with Crippen LogP contribution in [-0.2, 0) is 0 Å². The van der Waals surface area contributed by atoms with E-state index in [-0.39, 0.29) is 29.4 Å². The highest BCUT2D eigenvalue weighted by Crippen LogP contribution is 1.84. The molecule has 0 aliphatic carbocycles. The van der Waals surface area contributed by atoms with Crippen LogP contribution in [0.25, 0.3) is 0 Å². The predicted octanol–water partition coefficient (Wildman–Crippen LogP) is -2.32. The quantitative estimate of drug-likeness (QED) is 0.350. The number of likely N-dealkylation sites (N-methyl/N-ethyl adjacent to an activating group) is 1. The molecule has 0 heterocycles. The Labute approximate surface area is 67.3 Å². The number of quaternary nitrogens is 1. The third-order valence-corrected chi connectivity index (χ3v) is 0.771. The second-order valence-corrected chi connectivity index (χ2v) is 2.74. The molecule has 0 aliphatic rings. The van der Waals surface area contributed by atoms with Crippen molar-refractivity contribution in [2.75, 3.05) is 34.3 Å². The monoisotopic (exact) mass is 152 g/mol. The third-order valence-electron chi connectivity index (χ3n) is 0.771. The van der Waals surface area contributed by atoms with Crippen molar-refractivity contribution in [3.05, 3.63) is 0 Å². The van der Waals surface area contributed by atoms with Gasteiger partial charge in [0.15, 0.2) is 17.4 Å². The van der Waals surface area contributed by atoms with Crippen molar-refractivity contribution >= 4 is 17.4 Å². The summed E-state index contributed by atoms with van der Waals surface area (Å²) in [6.07, 6.45) is 0. The second-order valence-electron chi connectivity index (χ2n) is 2.74. The Bertz CT molecular complexity index is 53.4. The van der Waals surface area contributed by atoms with Crippen LogP contribution in [0, 0.1) is 0 Å². The molecule has 0 bridgehead atoms. The molecule has 3 N–H and O–H groups in total. The summed E-state index contributed by atoms with van der Waals surface area (Å²) in [5, 5.41) is 8.39. The Morgan fingerprint density at radius 2 is 1.56 bits per heavy atom. The molecule has 0 aliphatic heterocycles. The van der Waals surface area contributed by atoms with Crippen LogP contribution in [0.1, 0.15) is 0 Å². The molecule has 0 aromatic heterocycles. The van der Waals surface area contributed by atoms with Gasteiger partial charge in [-0.2, -0.15) is 0 Å². The average molecular weight is 152 g/mol. The van der Waals surface area contributed by atoms with Crippen molar-refractivity contribution < 1.29 is 15.1 Å². The Hall–Kier alpha value is 0.412. The first-order chi connectivity index (χ1) is 3.06. The standard InChI is InChI=1S/C5H14NO.Al.H2O.3H/c1-6(2,3)4-5-7;;;;;/h7H,4-5H2,1-3H3;;1H2;;;/q+1;;;;;. The summed E-state index contributed by atoms with van der Waals surface area (Å²) in [7, 11) is 6.16. The topological polar surface area (TPSA) is 51.7 Å². The molecule has 0 saturated carbocycles. The molecule has 0 aromatic rings. The number of rotatable bonds is 2. The van der Waals surface area contributed by atoms with Crippen LogP contribution < -0.4 is 0 Å². The Morgan fingerprint density at radius 1 is 1.22 bits per heavy atom. The van der Waals surface area contributed by atoms with Gasteiger partial charge in [-0.05, 0) is 0 Å². The van der Waals surface area contributed by atoms with E-state index in [0.29, 0.717) is 0 Å². The van der Waals surface area contributed by atoms with Crippen molar-refractivity contribution in [1.29, 1.82) is 0 Å². The number of nitrogens with zero attached hydrogens (tertiary/aromatic N) is 1. The molecule has 0 saturated heterocycles. The maximum atomic E-state index is 8.39. The fraction of sp³-hybridized carbons (Fsp3) is 1.00. The molecule has 0 atom stereocenters. The van der Waals surface area contributed by atoms with Crippen molar-refractivity contribution in [1.82, 2.24) is 0 Å². The first kappa shape index (κ1) is 16.2. The fourth-order valence-electron chi connectivity index (χ4n) is 0.300. The van der Waals surface area contributed by atoms with E-state index >= 15 is 0 Å². The summed E-state index contributed by atoms with van der Waals surface area (Å²) in [5.74, 6) is 0. The lowest BCUT2D eigenvalue weighted by Crippen LogP contribution is -2.36. The highest BCUT2D eigenvalue weighted by molar-refractivity contribution is 5.75. The Kier molecular flexibility index (Phi) is 11.8. The molecular formula is C5H19AlNO2+. The summed E-state index contributed by atoms with van der Waals surface area (Å²) in [4.78, 5) is 0. The van der Waals surface area contributed by atoms with E-state index in [9.17, 15) is 0 Å². The molecule has 0 aromatic carbocycles. The number of hydrogen-bond acceptors (Lipinski definition) is 1. The summed E-state index contributed by atoms with van der Waals surface area (Å²) in [5.41, 5.74) is 0. The zero-order chi connectivity index (χ0) is 5.91. The molecule has 0 fully saturated rings. The van der Waals surface area contributed by atoms with Gasteiger partial charge in [-0.15, -0.1) is 0 Å². The van der Waals surface area contributed by atoms with Gasteiger partial charge in [-0.25, -0.2) is 0 Å². The average Bonchev–Trinajstić information content (AvgIpc) is 1.30. The lowest BCUT2D eigenvalue weighted by Gasteiger charge is -2.21. The SMILES string of the molecule is C[N+](C)(C)CCO.O.[AlH3]. The Balaban J connectivity index is -0.000000180. The molecule has 3 nitrogen and oxygen atoms in total. The smallest absolute Gasteiger partial charge is 0.187 e. The molecular weight excluding hydrogens is 133 g/mol. The zero-order valence-corrected chi connectivity index (χ0v) is 5.81. The minimum atomic E-state index is 0. The van der Waals surface area contributed by atoms with Crippen LogP contribution in [-0.4, -0.2) is 66.7 Å². The predicted molar refractivity (Wildman–Crippen MR) is 43.5 cm³/mol. The molecule has 4 heteroatoms.